The van der Waals surface area contributed by atoms with Gasteiger partial charge >= 0.3 is 5.97 Å². The van der Waals surface area contributed by atoms with Crippen LogP contribution in [0.3, 0.4) is 0 Å². The molecule has 0 unspecified atom stereocenters. The van der Waals surface area contributed by atoms with E-state index < -0.39 is 0 Å². The molecule has 1 saturated carbocycles. The van der Waals surface area contributed by atoms with E-state index in [0.717, 1.165) is 25.7 Å². The van der Waals surface area contributed by atoms with E-state index in [1.54, 1.807) is 11.8 Å². The van der Waals surface area contributed by atoms with Crippen LogP contribution in [0.15, 0.2) is 0 Å². The normalized spacial score (nSPS) is 27.7. The van der Waals surface area contributed by atoms with Crippen LogP contribution in [-0.4, -0.2) is 36.0 Å². The van der Waals surface area contributed by atoms with E-state index in [1.165, 1.54) is 0 Å². The summed E-state index contributed by atoms with van der Waals surface area (Å²) in [5, 5.41) is 9.10. The fourth-order valence-corrected chi connectivity index (χ4v) is 3.06. The fourth-order valence-electron chi connectivity index (χ4n) is 3.06. The molecule has 110 valence electrons. The highest BCUT2D eigenvalue weighted by Gasteiger charge is 2.32. The average Bonchev–Trinajstić information content (AvgIpc) is 2.48. The molecule has 0 N–H and O–H groups in total. The summed E-state index contributed by atoms with van der Waals surface area (Å²) in [5.41, 5.74) is 0. The van der Waals surface area contributed by atoms with Gasteiger partial charge in [0.1, 0.15) is 6.10 Å². The molecule has 0 aromatic carbocycles. The van der Waals surface area contributed by atoms with Gasteiger partial charge in [-0.15, -0.1) is 0 Å². The number of ether oxygens (including phenoxy) is 1. The lowest BCUT2D eigenvalue weighted by Gasteiger charge is -2.32. The van der Waals surface area contributed by atoms with Gasteiger partial charge in [0.05, 0.1) is 17.9 Å². The molecule has 5 nitrogen and oxygen atoms in total. The number of amides is 1. The summed E-state index contributed by atoms with van der Waals surface area (Å²) in [6.07, 6.45) is 4.81. The van der Waals surface area contributed by atoms with Gasteiger partial charge in [0.25, 0.3) is 0 Å². The maximum absolute atomic E-state index is 12.2. The maximum atomic E-state index is 12.2. The number of carbonyl (C=O) groups excluding carboxylic acids is 2. The Morgan fingerprint density at radius 2 is 1.80 bits per heavy atom. The Kier molecular flexibility index (Phi) is 4.99. The van der Waals surface area contributed by atoms with Gasteiger partial charge in [-0.2, -0.15) is 5.26 Å². The lowest BCUT2D eigenvalue weighted by molar-refractivity contribution is -0.159. The smallest absolute Gasteiger partial charge is 0.309 e. The Bertz CT molecular complexity index is 408. The molecule has 0 aromatic rings. The molecule has 2 rings (SSSR count). The van der Waals surface area contributed by atoms with Gasteiger partial charge in [-0.1, -0.05) is 6.42 Å². The molecule has 0 radical (unpaired) electrons. The van der Waals surface area contributed by atoms with Crippen molar-refractivity contribution in [2.24, 2.45) is 11.8 Å². The molecule has 2 fully saturated rings. The third-order valence-corrected chi connectivity index (χ3v) is 4.41. The van der Waals surface area contributed by atoms with Crippen molar-refractivity contribution in [2.75, 3.05) is 13.1 Å². The molecule has 1 aliphatic carbocycles. The third kappa shape index (κ3) is 3.50. The predicted octanol–water partition coefficient (Wildman–Crippen LogP) is 1.87. The molecular formula is C15H22N2O3. The molecule has 5 heteroatoms. The highest BCUT2D eigenvalue weighted by atomic mass is 16.5. The number of likely N-dealkylation sites (tertiary alicyclic amines) is 1. The first-order chi connectivity index (χ1) is 9.61. The summed E-state index contributed by atoms with van der Waals surface area (Å²) in [6, 6.07) is 2.25. The van der Waals surface area contributed by atoms with Crippen LogP contribution in [0, 0.1) is 23.2 Å². The van der Waals surface area contributed by atoms with Crippen molar-refractivity contribution in [3.63, 3.8) is 0 Å². The van der Waals surface area contributed by atoms with Gasteiger partial charge in [0.15, 0.2) is 0 Å². The number of piperidine rings is 1. The van der Waals surface area contributed by atoms with E-state index in [4.69, 9.17) is 10.00 Å². The van der Waals surface area contributed by atoms with Gasteiger partial charge < -0.3 is 9.64 Å². The molecule has 20 heavy (non-hydrogen) atoms. The molecule has 0 bridgehead atoms. The number of rotatable bonds is 2. The van der Waals surface area contributed by atoms with Crippen LogP contribution in [0.1, 0.15) is 45.4 Å². The van der Waals surface area contributed by atoms with Gasteiger partial charge in [0.2, 0.25) is 5.91 Å². The second-order valence-electron chi connectivity index (χ2n) is 5.78. The van der Waals surface area contributed by atoms with Crippen LogP contribution < -0.4 is 0 Å². The predicted molar refractivity (Wildman–Crippen MR) is 72.4 cm³/mol. The van der Waals surface area contributed by atoms with Gasteiger partial charge in [0, 0.05) is 20.0 Å². The van der Waals surface area contributed by atoms with Crippen molar-refractivity contribution in [1.29, 1.82) is 5.26 Å². The molecule has 1 amide bonds. The summed E-state index contributed by atoms with van der Waals surface area (Å²) in [4.78, 5) is 25.2. The Balaban J connectivity index is 1.83. The number of hydrogen-bond acceptors (Lipinski definition) is 4. The number of carbonyl (C=O) groups is 2. The standard InChI is InChI=1S/C15H22N2O3/c1-11(18)17-8-6-12(7-9-17)15(19)20-14-5-3-2-4-13(14)10-16/h12-14H,2-9H2,1H3/t13-,14+/m0/s1. The highest BCUT2D eigenvalue weighted by molar-refractivity contribution is 5.75. The summed E-state index contributed by atoms with van der Waals surface area (Å²) in [5.74, 6) is -0.383. The lowest BCUT2D eigenvalue weighted by Crippen LogP contribution is -2.40. The monoisotopic (exact) mass is 278 g/mol. The van der Waals surface area contributed by atoms with Crippen LogP contribution in [-0.2, 0) is 14.3 Å². The number of nitrogens with zero attached hydrogens (tertiary/aromatic N) is 2. The Morgan fingerprint density at radius 3 is 2.40 bits per heavy atom. The third-order valence-electron chi connectivity index (χ3n) is 4.41. The first kappa shape index (κ1) is 14.8. The minimum absolute atomic E-state index is 0.0636. The van der Waals surface area contributed by atoms with E-state index in [1.807, 2.05) is 0 Å². The van der Waals surface area contributed by atoms with E-state index in [9.17, 15) is 9.59 Å². The van der Waals surface area contributed by atoms with Gasteiger partial charge in [-0.05, 0) is 32.1 Å². The van der Waals surface area contributed by atoms with Gasteiger partial charge in [-0.3, -0.25) is 9.59 Å². The van der Waals surface area contributed by atoms with Crippen molar-refractivity contribution < 1.29 is 14.3 Å². The second-order valence-corrected chi connectivity index (χ2v) is 5.78. The molecule has 1 saturated heterocycles. The molecule has 2 aliphatic rings. The Hall–Kier alpha value is -1.57. The van der Waals surface area contributed by atoms with Crippen LogP contribution in [0.2, 0.25) is 0 Å². The van der Waals surface area contributed by atoms with Crippen molar-refractivity contribution in [2.45, 2.75) is 51.6 Å². The number of hydrogen-bond donors (Lipinski definition) is 0. The van der Waals surface area contributed by atoms with Crippen LogP contribution >= 0.6 is 0 Å². The molecule has 0 aromatic heterocycles. The first-order valence-corrected chi connectivity index (χ1v) is 7.47. The Morgan fingerprint density at radius 1 is 1.15 bits per heavy atom. The van der Waals surface area contributed by atoms with Gasteiger partial charge in [-0.25, -0.2) is 0 Å². The fraction of sp³-hybridized carbons (Fsp3) is 0.800. The molecular weight excluding hydrogens is 256 g/mol. The SMILES string of the molecule is CC(=O)N1CCC(C(=O)O[C@@H]2CCCC[C@H]2C#N)CC1. The summed E-state index contributed by atoms with van der Waals surface area (Å²) >= 11 is 0. The second kappa shape index (κ2) is 6.74. The number of nitriles is 1. The van der Waals surface area contributed by atoms with Crippen LogP contribution in [0.4, 0.5) is 0 Å². The van der Waals surface area contributed by atoms with E-state index in [0.29, 0.717) is 25.9 Å². The highest BCUT2D eigenvalue weighted by Crippen LogP contribution is 2.28. The van der Waals surface area contributed by atoms with Crippen molar-refractivity contribution in [1.82, 2.24) is 4.90 Å². The van der Waals surface area contributed by atoms with Crippen LogP contribution in [0.5, 0.6) is 0 Å². The summed E-state index contributed by atoms with van der Waals surface area (Å²) < 4.78 is 5.57. The molecule has 2 atom stereocenters. The van der Waals surface area contributed by atoms with E-state index >= 15 is 0 Å². The molecule has 0 spiro atoms. The first-order valence-electron chi connectivity index (χ1n) is 7.47. The average molecular weight is 278 g/mol. The van der Waals surface area contributed by atoms with Crippen molar-refractivity contribution >= 4 is 11.9 Å². The summed E-state index contributed by atoms with van der Waals surface area (Å²) in [7, 11) is 0. The number of esters is 1. The lowest BCUT2D eigenvalue weighted by atomic mass is 9.87. The van der Waals surface area contributed by atoms with Crippen molar-refractivity contribution in [3.05, 3.63) is 0 Å². The van der Waals surface area contributed by atoms with E-state index in [-0.39, 0.29) is 29.8 Å². The maximum Gasteiger partial charge on any atom is 0.309 e. The van der Waals surface area contributed by atoms with Crippen LogP contribution in [0.25, 0.3) is 0 Å². The minimum atomic E-state index is -0.230. The molecule has 1 heterocycles. The summed E-state index contributed by atoms with van der Waals surface area (Å²) in [6.45, 7) is 2.81. The Labute approximate surface area is 119 Å². The molecule has 1 aliphatic heterocycles. The zero-order valence-electron chi connectivity index (χ0n) is 12.0. The zero-order chi connectivity index (χ0) is 14.5. The largest absolute Gasteiger partial charge is 0.461 e. The topological polar surface area (TPSA) is 70.4 Å². The zero-order valence-corrected chi connectivity index (χ0v) is 12.0. The van der Waals surface area contributed by atoms with E-state index in [2.05, 4.69) is 6.07 Å². The minimum Gasteiger partial charge on any atom is -0.461 e. The van der Waals surface area contributed by atoms with Crippen molar-refractivity contribution in [3.8, 4) is 6.07 Å². The quantitative estimate of drug-likeness (QED) is 0.723.